The number of rotatable bonds is 0. The Balaban J connectivity index is 2.63. The van der Waals surface area contributed by atoms with Crippen LogP contribution in [0.5, 0.6) is 0 Å². The summed E-state index contributed by atoms with van der Waals surface area (Å²) in [6.45, 7) is 5.58. The van der Waals surface area contributed by atoms with Crippen molar-refractivity contribution in [2.75, 3.05) is 0 Å². The summed E-state index contributed by atoms with van der Waals surface area (Å²) < 4.78 is 5.18. The molecule has 0 spiro atoms. The molecule has 0 aromatic heterocycles. The van der Waals surface area contributed by atoms with Crippen molar-refractivity contribution in [3.8, 4) is 0 Å². The molecule has 0 radical (unpaired) electrons. The summed E-state index contributed by atoms with van der Waals surface area (Å²) >= 11 is 0. The molecule has 0 bridgehead atoms. The van der Waals surface area contributed by atoms with E-state index in [0.29, 0.717) is 0 Å². The molecule has 3 nitrogen and oxygen atoms in total. The lowest BCUT2D eigenvalue weighted by molar-refractivity contribution is -0.236. The molecule has 1 saturated heterocycles. The first-order chi connectivity index (χ1) is 5.04. The highest BCUT2D eigenvalue weighted by molar-refractivity contribution is 4.81. The molecular weight excluding hydrogens is 144 g/mol. The smallest absolute Gasteiger partial charge is 0.159 e. The van der Waals surface area contributed by atoms with Crippen LogP contribution in [-0.2, 0) is 4.74 Å². The lowest BCUT2D eigenvalue weighted by Gasteiger charge is -2.38. The second-order valence-corrected chi connectivity index (χ2v) is 3.44. The standard InChI is InChI=1S/C8H16O3/c1-4-6(3)11-8(10)5(2)7(4)9/h4-10H,1-3H3/t4-,5?,6?,7+,8?/m1/s1. The molecule has 0 saturated carbocycles. The van der Waals surface area contributed by atoms with Crippen LogP contribution >= 0.6 is 0 Å². The zero-order valence-electron chi connectivity index (χ0n) is 7.19. The molecule has 1 heterocycles. The summed E-state index contributed by atoms with van der Waals surface area (Å²) in [6.07, 6.45) is -1.32. The van der Waals surface area contributed by atoms with Crippen LogP contribution in [0.15, 0.2) is 0 Å². The molecule has 66 valence electrons. The first-order valence-electron chi connectivity index (χ1n) is 4.05. The van der Waals surface area contributed by atoms with Gasteiger partial charge in [-0.3, -0.25) is 0 Å². The van der Waals surface area contributed by atoms with E-state index in [-0.39, 0.29) is 17.9 Å². The SMILES string of the molecule is CC1OC(O)C(C)[C@@H](O)[C@@H]1C. The third-order valence-electron chi connectivity index (χ3n) is 2.62. The third-order valence-corrected chi connectivity index (χ3v) is 2.62. The van der Waals surface area contributed by atoms with Gasteiger partial charge in [0.2, 0.25) is 0 Å². The minimum Gasteiger partial charge on any atom is -0.392 e. The fourth-order valence-corrected chi connectivity index (χ4v) is 1.39. The van der Waals surface area contributed by atoms with Crippen LogP contribution in [0, 0.1) is 11.8 Å². The molecule has 5 atom stereocenters. The summed E-state index contributed by atoms with van der Waals surface area (Å²) in [4.78, 5) is 0. The van der Waals surface area contributed by atoms with E-state index >= 15 is 0 Å². The largest absolute Gasteiger partial charge is 0.392 e. The molecule has 11 heavy (non-hydrogen) atoms. The summed E-state index contributed by atoms with van der Waals surface area (Å²) in [5.74, 6) is -0.0744. The quantitative estimate of drug-likeness (QED) is 0.538. The monoisotopic (exact) mass is 160 g/mol. The average molecular weight is 160 g/mol. The van der Waals surface area contributed by atoms with Crippen LogP contribution in [0.3, 0.4) is 0 Å². The summed E-state index contributed by atoms with van der Waals surface area (Å²) in [5, 5.41) is 18.8. The van der Waals surface area contributed by atoms with E-state index in [2.05, 4.69) is 0 Å². The number of hydrogen-bond donors (Lipinski definition) is 2. The van der Waals surface area contributed by atoms with E-state index < -0.39 is 12.4 Å². The van der Waals surface area contributed by atoms with Gasteiger partial charge in [0.25, 0.3) is 0 Å². The maximum Gasteiger partial charge on any atom is 0.159 e. The summed E-state index contributed by atoms with van der Waals surface area (Å²) in [5.41, 5.74) is 0. The van der Waals surface area contributed by atoms with Gasteiger partial charge < -0.3 is 14.9 Å². The molecule has 0 aliphatic carbocycles. The number of aliphatic hydroxyl groups is 2. The second kappa shape index (κ2) is 3.09. The highest BCUT2D eigenvalue weighted by Crippen LogP contribution is 2.28. The Morgan fingerprint density at radius 1 is 1.00 bits per heavy atom. The van der Waals surface area contributed by atoms with Crippen molar-refractivity contribution in [3.05, 3.63) is 0 Å². The van der Waals surface area contributed by atoms with Gasteiger partial charge in [0.1, 0.15) is 0 Å². The Kier molecular flexibility index (Phi) is 2.52. The van der Waals surface area contributed by atoms with Crippen LogP contribution in [-0.4, -0.2) is 28.7 Å². The Morgan fingerprint density at radius 2 is 1.55 bits per heavy atom. The molecule has 3 unspecified atom stereocenters. The maximum atomic E-state index is 9.55. The zero-order valence-corrected chi connectivity index (χ0v) is 7.19. The predicted octanol–water partition coefficient (Wildman–Crippen LogP) is 0.357. The van der Waals surface area contributed by atoms with Gasteiger partial charge in [-0.05, 0) is 6.92 Å². The molecular formula is C8H16O3. The van der Waals surface area contributed by atoms with Crippen molar-refractivity contribution < 1.29 is 14.9 Å². The van der Waals surface area contributed by atoms with Gasteiger partial charge in [-0.2, -0.15) is 0 Å². The fraction of sp³-hybridized carbons (Fsp3) is 1.00. The minimum atomic E-state index is -0.809. The Morgan fingerprint density at radius 3 is 2.09 bits per heavy atom. The van der Waals surface area contributed by atoms with Crippen molar-refractivity contribution in [2.24, 2.45) is 11.8 Å². The van der Waals surface area contributed by atoms with Crippen LogP contribution in [0.1, 0.15) is 20.8 Å². The lowest BCUT2D eigenvalue weighted by atomic mass is 9.87. The van der Waals surface area contributed by atoms with Gasteiger partial charge in [-0.1, -0.05) is 13.8 Å². The highest BCUT2D eigenvalue weighted by atomic mass is 16.6. The molecule has 1 rings (SSSR count). The van der Waals surface area contributed by atoms with Gasteiger partial charge in [0, 0.05) is 11.8 Å². The highest BCUT2D eigenvalue weighted by Gasteiger charge is 2.37. The maximum absolute atomic E-state index is 9.55. The van der Waals surface area contributed by atoms with Crippen molar-refractivity contribution in [1.82, 2.24) is 0 Å². The predicted molar refractivity (Wildman–Crippen MR) is 40.9 cm³/mol. The Hall–Kier alpha value is -0.120. The van der Waals surface area contributed by atoms with Crippen LogP contribution in [0.2, 0.25) is 0 Å². The van der Waals surface area contributed by atoms with E-state index in [0.717, 1.165) is 0 Å². The van der Waals surface area contributed by atoms with Crippen molar-refractivity contribution in [3.63, 3.8) is 0 Å². The molecule has 1 aliphatic rings. The molecule has 0 aromatic carbocycles. The van der Waals surface area contributed by atoms with Gasteiger partial charge in [0.15, 0.2) is 6.29 Å². The third kappa shape index (κ3) is 1.55. The first-order valence-corrected chi connectivity index (χ1v) is 4.05. The van der Waals surface area contributed by atoms with Crippen LogP contribution in [0.4, 0.5) is 0 Å². The van der Waals surface area contributed by atoms with Gasteiger partial charge in [-0.25, -0.2) is 0 Å². The van der Waals surface area contributed by atoms with E-state index in [1.54, 1.807) is 6.92 Å². The zero-order chi connectivity index (χ0) is 8.59. The number of ether oxygens (including phenoxy) is 1. The molecule has 1 fully saturated rings. The van der Waals surface area contributed by atoms with Crippen LogP contribution in [0.25, 0.3) is 0 Å². The van der Waals surface area contributed by atoms with Gasteiger partial charge in [0.05, 0.1) is 12.2 Å². The molecule has 2 N–H and O–H groups in total. The molecule has 1 aliphatic heterocycles. The topological polar surface area (TPSA) is 49.7 Å². The second-order valence-electron chi connectivity index (χ2n) is 3.44. The first kappa shape index (κ1) is 8.97. The summed E-state index contributed by atoms with van der Waals surface area (Å²) in [7, 11) is 0. The molecule has 0 aromatic rings. The van der Waals surface area contributed by atoms with Gasteiger partial charge >= 0.3 is 0 Å². The lowest BCUT2D eigenvalue weighted by Crippen LogP contribution is -2.47. The average Bonchev–Trinajstić information content (AvgIpc) is 1.97. The minimum absolute atomic E-state index is 0.0591. The molecule has 0 amide bonds. The number of hydrogen-bond acceptors (Lipinski definition) is 3. The molecule has 3 heteroatoms. The van der Waals surface area contributed by atoms with E-state index in [1.807, 2.05) is 13.8 Å². The Labute approximate surface area is 67.0 Å². The number of aliphatic hydroxyl groups excluding tert-OH is 2. The van der Waals surface area contributed by atoms with E-state index in [4.69, 9.17) is 4.74 Å². The van der Waals surface area contributed by atoms with Crippen molar-refractivity contribution in [1.29, 1.82) is 0 Å². The van der Waals surface area contributed by atoms with E-state index in [9.17, 15) is 10.2 Å². The van der Waals surface area contributed by atoms with E-state index in [1.165, 1.54) is 0 Å². The summed E-state index contributed by atoms with van der Waals surface area (Å²) in [6, 6.07) is 0. The van der Waals surface area contributed by atoms with Crippen molar-refractivity contribution >= 4 is 0 Å². The van der Waals surface area contributed by atoms with Crippen LogP contribution < -0.4 is 0 Å². The Bertz CT molecular complexity index is 123. The van der Waals surface area contributed by atoms with Crippen molar-refractivity contribution in [2.45, 2.75) is 39.3 Å². The van der Waals surface area contributed by atoms with Gasteiger partial charge in [-0.15, -0.1) is 0 Å². The fourth-order valence-electron chi connectivity index (χ4n) is 1.39. The normalized spacial score (nSPS) is 52.6.